The first-order valence-electron chi connectivity index (χ1n) is 8.15. The van der Waals surface area contributed by atoms with E-state index in [0.29, 0.717) is 29.2 Å². The molecule has 0 radical (unpaired) electrons. The lowest BCUT2D eigenvalue weighted by atomic mass is 9.70. The van der Waals surface area contributed by atoms with E-state index in [2.05, 4.69) is 11.9 Å². The molecule has 2 heterocycles. The molecular formula is C17H20ClNO3S. The standard InChI is InChI=1S/C17H20ClNO3S/c1-17(5-3-2-4-6-17)15(20)10-9-11-13(22-8-7-21-11)14-12(10)19-16(18)23-14/h9,15,20H,2-8H2,1H3. The topological polar surface area (TPSA) is 51.6 Å². The van der Waals surface area contributed by atoms with Crippen LogP contribution >= 0.6 is 22.9 Å². The number of thiazole rings is 1. The quantitative estimate of drug-likeness (QED) is 0.848. The number of hydrogen-bond donors (Lipinski definition) is 1. The highest BCUT2D eigenvalue weighted by Gasteiger charge is 2.37. The second-order valence-corrected chi connectivity index (χ2v) is 8.33. The highest BCUT2D eigenvalue weighted by Crippen LogP contribution is 2.51. The van der Waals surface area contributed by atoms with Crippen LogP contribution in [0.4, 0.5) is 0 Å². The summed E-state index contributed by atoms with van der Waals surface area (Å²) in [7, 11) is 0. The monoisotopic (exact) mass is 353 g/mol. The number of rotatable bonds is 2. The molecule has 1 unspecified atom stereocenters. The number of aliphatic hydroxyl groups excluding tert-OH is 1. The van der Waals surface area contributed by atoms with Gasteiger partial charge in [0, 0.05) is 5.56 Å². The fourth-order valence-electron chi connectivity index (χ4n) is 3.79. The number of aliphatic hydroxyl groups is 1. The van der Waals surface area contributed by atoms with Gasteiger partial charge < -0.3 is 14.6 Å². The Kier molecular flexibility index (Phi) is 3.90. The lowest BCUT2D eigenvalue weighted by Crippen LogP contribution is -2.28. The van der Waals surface area contributed by atoms with Crippen LogP contribution in [0.1, 0.15) is 50.7 Å². The molecule has 1 atom stereocenters. The predicted molar refractivity (Wildman–Crippen MR) is 91.8 cm³/mol. The van der Waals surface area contributed by atoms with E-state index < -0.39 is 6.10 Å². The summed E-state index contributed by atoms with van der Waals surface area (Å²) in [5.41, 5.74) is 1.45. The Labute approximate surface area is 144 Å². The molecule has 124 valence electrons. The van der Waals surface area contributed by atoms with E-state index >= 15 is 0 Å². The summed E-state index contributed by atoms with van der Waals surface area (Å²) in [5, 5.41) is 11.1. The lowest BCUT2D eigenvalue weighted by Gasteiger charge is -2.38. The molecule has 1 aromatic heterocycles. The van der Waals surface area contributed by atoms with Crippen molar-refractivity contribution in [3.8, 4) is 11.5 Å². The Morgan fingerprint density at radius 1 is 1.26 bits per heavy atom. The van der Waals surface area contributed by atoms with Crippen LogP contribution in [-0.2, 0) is 0 Å². The molecule has 1 aliphatic carbocycles. The van der Waals surface area contributed by atoms with E-state index in [-0.39, 0.29) is 5.41 Å². The van der Waals surface area contributed by atoms with Crippen LogP contribution in [-0.4, -0.2) is 23.3 Å². The van der Waals surface area contributed by atoms with Crippen LogP contribution in [0.15, 0.2) is 6.07 Å². The molecule has 23 heavy (non-hydrogen) atoms. The average molecular weight is 354 g/mol. The minimum atomic E-state index is -0.570. The molecule has 2 aliphatic rings. The van der Waals surface area contributed by atoms with Crippen molar-refractivity contribution in [1.29, 1.82) is 0 Å². The minimum Gasteiger partial charge on any atom is -0.486 e. The maximum atomic E-state index is 11.1. The Morgan fingerprint density at radius 3 is 2.78 bits per heavy atom. The third kappa shape index (κ3) is 2.59. The third-order valence-electron chi connectivity index (χ3n) is 5.13. The number of fused-ring (bicyclic) bond motifs is 3. The SMILES string of the molecule is CC1(C(O)c2cc3c(c4sc(Cl)nc24)OCCO3)CCCCC1. The van der Waals surface area contributed by atoms with Crippen molar-refractivity contribution in [1.82, 2.24) is 4.98 Å². The van der Waals surface area contributed by atoms with Gasteiger partial charge in [0.2, 0.25) is 0 Å². The average Bonchev–Trinajstić information content (AvgIpc) is 2.96. The van der Waals surface area contributed by atoms with Gasteiger partial charge in [-0.15, -0.1) is 0 Å². The molecule has 0 bridgehead atoms. The van der Waals surface area contributed by atoms with Crippen LogP contribution < -0.4 is 9.47 Å². The van der Waals surface area contributed by atoms with Gasteiger partial charge in [-0.2, -0.15) is 0 Å². The molecule has 0 amide bonds. The van der Waals surface area contributed by atoms with Gasteiger partial charge in [0.25, 0.3) is 0 Å². The molecule has 1 N–H and O–H groups in total. The van der Waals surface area contributed by atoms with Gasteiger partial charge in [-0.1, -0.05) is 49.1 Å². The van der Waals surface area contributed by atoms with Crippen LogP contribution in [0, 0.1) is 5.41 Å². The van der Waals surface area contributed by atoms with Crippen molar-refractivity contribution in [2.24, 2.45) is 5.41 Å². The molecule has 0 saturated heterocycles. The highest BCUT2D eigenvalue weighted by atomic mass is 35.5. The molecule has 0 spiro atoms. The Bertz CT molecular complexity index is 739. The second kappa shape index (κ2) is 5.80. The molecule has 1 fully saturated rings. The first-order valence-corrected chi connectivity index (χ1v) is 9.34. The number of benzene rings is 1. The van der Waals surface area contributed by atoms with E-state index in [1.165, 1.54) is 30.6 Å². The van der Waals surface area contributed by atoms with E-state index in [9.17, 15) is 5.11 Å². The lowest BCUT2D eigenvalue weighted by molar-refractivity contribution is 0.00882. The third-order valence-corrected chi connectivity index (χ3v) is 6.29. The summed E-state index contributed by atoms with van der Waals surface area (Å²) in [4.78, 5) is 4.46. The number of aromatic nitrogens is 1. The largest absolute Gasteiger partial charge is 0.486 e. The number of halogens is 1. The van der Waals surface area contributed by atoms with Crippen molar-refractivity contribution in [2.75, 3.05) is 13.2 Å². The molecular weight excluding hydrogens is 334 g/mol. The van der Waals surface area contributed by atoms with Gasteiger partial charge in [-0.05, 0) is 24.3 Å². The van der Waals surface area contributed by atoms with E-state index in [1.807, 2.05) is 6.07 Å². The minimum absolute atomic E-state index is 0.120. The van der Waals surface area contributed by atoms with Gasteiger partial charge in [0.1, 0.15) is 17.9 Å². The van der Waals surface area contributed by atoms with Crippen molar-refractivity contribution >= 4 is 33.2 Å². The van der Waals surface area contributed by atoms with Crippen LogP contribution in [0.2, 0.25) is 4.47 Å². The Balaban J connectivity index is 1.86. The summed E-state index contributed by atoms with van der Waals surface area (Å²) < 4.78 is 12.9. The smallest absolute Gasteiger partial charge is 0.184 e. The van der Waals surface area contributed by atoms with Crippen LogP contribution in [0.25, 0.3) is 10.2 Å². The molecule has 1 aliphatic heterocycles. The van der Waals surface area contributed by atoms with Crippen molar-refractivity contribution < 1.29 is 14.6 Å². The van der Waals surface area contributed by atoms with E-state index in [4.69, 9.17) is 21.1 Å². The molecule has 4 nitrogen and oxygen atoms in total. The summed E-state index contributed by atoms with van der Waals surface area (Å²) in [5.74, 6) is 1.40. The zero-order valence-electron chi connectivity index (χ0n) is 13.1. The second-order valence-electron chi connectivity index (χ2n) is 6.75. The summed E-state index contributed by atoms with van der Waals surface area (Å²) >= 11 is 7.53. The van der Waals surface area contributed by atoms with Gasteiger partial charge in [-0.25, -0.2) is 4.98 Å². The predicted octanol–water partition coefficient (Wildman–Crippen LogP) is 4.72. The number of hydrogen-bond acceptors (Lipinski definition) is 5. The Morgan fingerprint density at radius 2 is 2.00 bits per heavy atom. The Hall–Kier alpha value is -1.04. The summed E-state index contributed by atoms with van der Waals surface area (Å²) in [6, 6.07) is 1.90. The van der Waals surface area contributed by atoms with Crippen molar-refractivity contribution in [3.63, 3.8) is 0 Å². The van der Waals surface area contributed by atoms with Crippen molar-refractivity contribution in [2.45, 2.75) is 45.1 Å². The summed E-state index contributed by atoms with van der Waals surface area (Å²) in [6.07, 6.45) is 5.07. The van der Waals surface area contributed by atoms with Gasteiger partial charge in [0.15, 0.2) is 16.0 Å². The maximum Gasteiger partial charge on any atom is 0.184 e. The van der Waals surface area contributed by atoms with Gasteiger partial charge in [0.05, 0.1) is 11.6 Å². The first kappa shape index (κ1) is 15.5. The van der Waals surface area contributed by atoms with Crippen LogP contribution in [0.3, 0.4) is 0 Å². The fraction of sp³-hybridized carbons (Fsp3) is 0.588. The van der Waals surface area contributed by atoms with E-state index in [0.717, 1.165) is 28.6 Å². The maximum absolute atomic E-state index is 11.1. The first-order chi connectivity index (χ1) is 11.1. The highest BCUT2D eigenvalue weighted by molar-refractivity contribution is 7.22. The van der Waals surface area contributed by atoms with Crippen LogP contribution in [0.5, 0.6) is 11.5 Å². The van der Waals surface area contributed by atoms with Gasteiger partial charge in [-0.3, -0.25) is 0 Å². The fourth-order valence-corrected chi connectivity index (χ4v) is 4.92. The molecule has 2 aromatic rings. The number of nitrogens with zero attached hydrogens (tertiary/aromatic N) is 1. The van der Waals surface area contributed by atoms with Crippen molar-refractivity contribution in [3.05, 3.63) is 16.1 Å². The zero-order valence-corrected chi connectivity index (χ0v) is 14.7. The molecule has 4 rings (SSSR count). The zero-order chi connectivity index (χ0) is 16.0. The number of ether oxygens (including phenoxy) is 2. The summed E-state index contributed by atoms with van der Waals surface area (Å²) in [6.45, 7) is 3.22. The normalized spacial score (nSPS) is 21.3. The molecule has 6 heteroatoms. The van der Waals surface area contributed by atoms with Gasteiger partial charge >= 0.3 is 0 Å². The molecule has 1 saturated carbocycles. The van der Waals surface area contributed by atoms with E-state index in [1.54, 1.807) is 0 Å². The molecule has 1 aromatic carbocycles.